The van der Waals surface area contributed by atoms with Gasteiger partial charge in [0.25, 0.3) is 0 Å². The second-order valence-corrected chi connectivity index (χ2v) is 3.75. The molecule has 0 aliphatic carbocycles. The van der Waals surface area contributed by atoms with Gasteiger partial charge in [-0.3, -0.25) is 4.98 Å². The molecule has 4 nitrogen and oxygen atoms in total. The molecule has 0 bridgehead atoms. The molecule has 0 radical (unpaired) electrons. The molecule has 3 rings (SSSR count). The minimum absolute atomic E-state index is 0.548. The Hall–Kier alpha value is -2.07. The summed E-state index contributed by atoms with van der Waals surface area (Å²) in [6, 6.07) is 12.7. The number of fused-ring (bicyclic) bond motifs is 1. The van der Waals surface area contributed by atoms with Crippen molar-refractivity contribution in [2.24, 2.45) is 0 Å². The highest BCUT2D eigenvalue weighted by Crippen LogP contribution is 2.37. The number of para-hydroxylation sites is 2. The topological polar surface area (TPSA) is 51.6 Å². The fraction of sp³-hybridized carbons (Fsp3) is 0.154. The zero-order valence-corrected chi connectivity index (χ0v) is 8.98. The van der Waals surface area contributed by atoms with Crippen molar-refractivity contribution in [3.8, 4) is 11.5 Å². The molecule has 0 spiro atoms. The summed E-state index contributed by atoms with van der Waals surface area (Å²) in [5, 5.41) is 9.88. The van der Waals surface area contributed by atoms with E-state index in [0.29, 0.717) is 17.2 Å². The van der Waals surface area contributed by atoms with Gasteiger partial charge in [-0.05, 0) is 24.3 Å². The van der Waals surface area contributed by atoms with Gasteiger partial charge in [-0.1, -0.05) is 18.2 Å². The van der Waals surface area contributed by atoms with E-state index in [1.165, 1.54) is 0 Å². The van der Waals surface area contributed by atoms with Crippen LogP contribution in [-0.2, 0) is 0 Å². The smallest absolute Gasteiger partial charge is 0.240 e. The van der Waals surface area contributed by atoms with Crippen LogP contribution in [0.2, 0.25) is 0 Å². The minimum Gasteiger partial charge on any atom is -0.474 e. The van der Waals surface area contributed by atoms with Crippen molar-refractivity contribution in [3.63, 3.8) is 0 Å². The van der Waals surface area contributed by atoms with Crippen molar-refractivity contribution in [2.75, 3.05) is 0 Å². The number of pyridine rings is 1. The van der Waals surface area contributed by atoms with Crippen molar-refractivity contribution in [2.45, 2.75) is 12.4 Å². The molecule has 0 saturated heterocycles. The number of hydrogen-bond acceptors (Lipinski definition) is 4. The molecule has 1 aliphatic rings. The normalized spacial score (nSPS) is 22.2. The van der Waals surface area contributed by atoms with Gasteiger partial charge >= 0.3 is 0 Å². The van der Waals surface area contributed by atoms with Crippen molar-refractivity contribution < 1.29 is 14.6 Å². The lowest BCUT2D eigenvalue weighted by Gasteiger charge is -2.30. The third kappa shape index (κ3) is 1.83. The van der Waals surface area contributed by atoms with Crippen LogP contribution in [0.25, 0.3) is 0 Å². The van der Waals surface area contributed by atoms with Gasteiger partial charge < -0.3 is 14.6 Å². The first kappa shape index (κ1) is 10.1. The van der Waals surface area contributed by atoms with Crippen LogP contribution in [0.4, 0.5) is 0 Å². The van der Waals surface area contributed by atoms with Gasteiger partial charge in [-0.2, -0.15) is 0 Å². The summed E-state index contributed by atoms with van der Waals surface area (Å²) in [7, 11) is 0. The van der Waals surface area contributed by atoms with Crippen LogP contribution in [0.3, 0.4) is 0 Å². The molecule has 1 N–H and O–H groups in total. The van der Waals surface area contributed by atoms with Gasteiger partial charge in [0, 0.05) is 6.20 Å². The lowest BCUT2D eigenvalue weighted by molar-refractivity contribution is -0.117. The van der Waals surface area contributed by atoms with Crippen LogP contribution in [0, 0.1) is 0 Å². The first-order valence-corrected chi connectivity index (χ1v) is 5.36. The van der Waals surface area contributed by atoms with Crippen LogP contribution in [-0.4, -0.2) is 16.4 Å². The Balaban J connectivity index is 1.95. The number of aromatic nitrogens is 1. The van der Waals surface area contributed by atoms with Crippen LogP contribution in [0.15, 0.2) is 48.7 Å². The number of rotatable bonds is 1. The molecular formula is C13H11NO3. The number of aliphatic hydroxyl groups excluding tert-OH is 1. The number of nitrogens with zero attached hydrogens (tertiary/aromatic N) is 1. The quantitative estimate of drug-likeness (QED) is 0.811. The molecule has 86 valence electrons. The number of ether oxygens (including phenoxy) is 2. The Kier molecular flexibility index (Phi) is 2.42. The first-order chi connectivity index (χ1) is 8.34. The van der Waals surface area contributed by atoms with E-state index in [9.17, 15) is 5.11 Å². The Morgan fingerprint density at radius 3 is 2.35 bits per heavy atom. The SMILES string of the molecule is O[C@@H]1Oc2ccccc2O[C@@H]1c1ccccn1. The number of hydrogen-bond donors (Lipinski definition) is 1. The lowest BCUT2D eigenvalue weighted by Crippen LogP contribution is -2.33. The molecule has 0 fully saturated rings. The summed E-state index contributed by atoms with van der Waals surface area (Å²) in [4.78, 5) is 4.16. The molecule has 1 aromatic carbocycles. The molecule has 0 saturated carbocycles. The Morgan fingerprint density at radius 1 is 0.941 bits per heavy atom. The van der Waals surface area contributed by atoms with E-state index in [1.807, 2.05) is 24.3 Å². The average molecular weight is 229 g/mol. The molecule has 0 amide bonds. The van der Waals surface area contributed by atoms with E-state index < -0.39 is 12.4 Å². The van der Waals surface area contributed by atoms with E-state index in [-0.39, 0.29) is 0 Å². The van der Waals surface area contributed by atoms with Crippen LogP contribution >= 0.6 is 0 Å². The molecule has 2 aromatic rings. The van der Waals surface area contributed by atoms with Gasteiger partial charge in [0.1, 0.15) is 0 Å². The second-order valence-electron chi connectivity index (χ2n) is 3.75. The summed E-state index contributed by atoms with van der Waals surface area (Å²) in [6.45, 7) is 0. The van der Waals surface area contributed by atoms with Crippen LogP contribution in [0.1, 0.15) is 11.8 Å². The Bertz CT molecular complexity index is 515. The highest BCUT2D eigenvalue weighted by Gasteiger charge is 2.31. The summed E-state index contributed by atoms with van der Waals surface area (Å²) in [5.41, 5.74) is 0.648. The average Bonchev–Trinajstić information content (AvgIpc) is 2.39. The van der Waals surface area contributed by atoms with Gasteiger partial charge in [-0.25, -0.2) is 0 Å². The predicted octanol–water partition coefficient (Wildman–Crippen LogP) is 1.91. The van der Waals surface area contributed by atoms with Crippen molar-refractivity contribution in [3.05, 3.63) is 54.4 Å². The fourth-order valence-electron chi connectivity index (χ4n) is 1.78. The monoisotopic (exact) mass is 229 g/mol. The summed E-state index contributed by atoms with van der Waals surface area (Å²) in [6.07, 6.45) is 0.0252. The highest BCUT2D eigenvalue weighted by atomic mass is 16.7. The number of aliphatic hydroxyl groups is 1. The molecule has 4 heteroatoms. The number of benzene rings is 1. The summed E-state index contributed by atoms with van der Waals surface area (Å²) >= 11 is 0. The third-order valence-electron chi connectivity index (χ3n) is 2.59. The molecule has 0 unspecified atom stereocenters. The largest absolute Gasteiger partial charge is 0.474 e. The molecule has 1 aromatic heterocycles. The van der Waals surface area contributed by atoms with E-state index in [1.54, 1.807) is 24.4 Å². The van der Waals surface area contributed by atoms with Gasteiger partial charge in [0.05, 0.1) is 5.69 Å². The lowest BCUT2D eigenvalue weighted by atomic mass is 10.2. The second kappa shape index (κ2) is 4.07. The van der Waals surface area contributed by atoms with Gasteiger partial charge in [0.2, 0.25) is 12.4 Å². The standard InChI is InChI=1S/C13H11NO3/c15-13-12(9-5-3-4-8-14-9)16-10-6-1-2-7-11(10)17-13/h1-8,12-13,15H/t12-,13-/m1/s1. The summed E-state index contributed by atoms with van der Waals surface area (Å²) < 4.78 is 11.1. The van der Waals surface area contributed by atoms with Crippen molar-refractivity contribution in [1.82, 2.24) is 4.98 Å². The molecular weight excluding hydrogens is 218 g/mol. The van der Waals surface area contributed by atoms with Crippen LogP contribution < -0.4 is 9.47 Å². The van der Waals surface area contributed by atoms with E-state index in [0.717, 1.165) is 0 Å². The van der Waals surface area contributed by atoms with Gasteiger partial charge in [0.15, 0.2) is 11.5 Å². The van der Waals surface area contributed by atoms with E-state index in [2.05, 4.69) is 4.98 Å². The first-order valence-electron chi connectivity index (χ1n) is 5.36. The van der Waals surface area contributed by atoms with E-state index >= 15 is 0 Å². The third-order valence-corrected chi connectivity index (χ3v) is 2.59. The minimum atomic E-state index is -1.04. The predicted molar refractivity (Wildman–Crippen MR) is 60.7 cm³/mol. The molecule has 2 atom stereocenters. The van der Waals surface area contributed by atoms with E-state index in [4.69, 9.17) is 9.47 Å². The maximum absolute atomic E-state index is 9.88. The summed E-state index contributed by atoms with van der Waals surface area (Å²) in [5.74, 6) is 1.17. The molecule has 1 aliphatic heterocycles. The zero-order valence-electron chi connectivity index (χ0n) is 8.98. The van der Waals surface area contributed by atoms with Crippen molar-refractivity contribution >= 4 is 0 Å². The maximum Gasteiger partial charge on any atom is 0.240 e. The van der Waals surface area contributed by atoms with Crippen LogP contribution in [0.5, 0.6) is 11.5 Å². The molecule has 2 heterocycles. The maximum atomic E-state index is 9.88. The Morgan fingerprint density at radius 2 is 1.65 bits per heavy atom. The Labute approximate surface area is 98.5 Å². The fourth-order valence-corrected chi connectivity index (χ4v) is 1.78. The highest BCUT2D eigenvalue weighted by molar-refractivity contribution is 5.41. The van der Waals surface area contributed by atoms with Crippen molar-refractivity contribution in [1.29, 1.82) is 0 Å². The molecule has 17 heavy (non-hydrogen) atoms. The zero-order chi connectivity index (χ0) is 11.7. The van der Waals surface area contributed by atoms with Gasteiger partial charge in [-0.15, -0.1) is 0 Å².